The van der Waals surface area contributed by atoms with Gasteiger partial charge in [0.15, 0.2) is 6.10 Å². The first-order chi connectivity index (χ1) is 15.8. The van der Waals surface area contributed by atoms with Crippen LogP contribution in [0.5, 0.6) is 0 Å². The molecule has 33 heavy (non-hydrogen) atoms. The standard InChI is InChI=1S/C24H16BrF3N2O3/c25-15-8-6-7-14(13-15)20-19-21(33-30(20)16-9-2-1-3-10-16)23(32)29(22(19)31)18-12-5-4-11-17(18)24(26,27)28/h1-13,19-21H/t19-,20-,21-/m1/s1. The van der Waals surface area contributed by atoms with E-state index in [1.54, 1.807) is 42.5 Å². The van der Waals surface area contributed by atoms with Crippen LogP contribution in [0.25, 0.3) is 0 Å². The number of nitrogens with zero attached hydrogens (tertiary/aromatic N) is 2. The van der Waals surface area contributed by atoms with Crippen LogP contribution in [0.4, 0.5) is 24.5 Å². The Morgan fingerprint density at radius 1 is 0.848 bits per heavy atom. The van der Waals surface area contributed by atoms with Gasteiger partial charge in [0.05, 0.1) is 23.0 Å². The van der Waals surface area contributed by atoms with Gasteiger partial charge in [0.2, 0.25) is 5.91 Å². The molecule has 0 saturated carbocycles. The molecule has 0 aromatic heterocycles. The Kier molecular flexibility index (Phi) is 5.25. The zero-order chi connectivity index (χ0) is 23.3. The minimum atomic E-state index is -4.73. The number of carbonyl (C=O) groups excluding carboxylic acids is 2. The van der Waals surface area contributed by atoms with Gasteiger partial charge in [0.25, 0.3) is 5.91 Å². The minimum absolute atomic E-state index is 0.489. The lowest BCUT2D eigenvalue weighted by atomic mass is 9.90. The van der Waals surface area contributed by atoms with E-state index in [9.17, 15) is 22.8 Å². The molecule has 2 aliphatic rings. The summed E-state index contributed by atoms with van der Waals surface area (Å²) in [6.45, 7) is 0. The Bertz CT molecular complexity index is 1230. The van der Waals surface area contributed by atoms with E-state index in [0.29, 0.717) is 16.2 Å². The molecule has 5 nitrogen and oxygen atoms in total. The van der Waals surface area contributed by atoms with Crippen molar-refractivity contribution in [3.63, 3.8) is 0 Å². The Morgan fingerprint density at radius 3 is 2.24 bits per heavy atom. The molecular formula is C24H16BrF3N2O3. The summed E-state index contributed by atoms with van der Waals surface area (Å²) < 4.78 is 41.6. The van der Waals surface area contributed by atoms with Crippen LogP contribution in [0.1, 0.15) is 17.2 Å². The molecule has 9 heteroatoms. The smallest absolute Gasteiger partial charge is 0.273 e. The summed E-state index contributed by atoms with van der Waals surface area (Å²) in [5, 5.41) is 1.50. The molecule has 2 fully saturated rings. The van der Waals surface area contributed by atoms with Crippen LogP contribution in [0.3, 0.4) is 0 Å². The van der Waals surface area contributed by atoms with Crippen molar-refractivity contribution in [2.45, 2.75) is 18.3 Å². The number of anilines is 2. The first kappa shape index (κ1) is 21.7. The first-order valence-electron chi connectivity index (χ1n) is 10.1. The summed E-state index contributed by atoms with van der Waals surface area (Å²) in [4.78, 5) is 33.4. The Balaban J connectivity index is 1.61. The molecule has 0 N–H and O–H groups in total. The SMILES string of the molecule is O=C1[C@@H]2[C@@H](c3cccc(Br)c3)N(c3ccccc3)O[C@H]2C(=O)N1c1ccccc1C(F)(F)F. The molecular weight excluding hydrogens is 501 g/mol. The van der Waals surface area contributed by atoms with Gasteiger partial charge in [-0.2, -0.15) is 13.2 Å². The minimum Gasteiger partial charge on any atom is -0.273 e. The fraction of sp³-hybridized carbons (Fsp3) is 0.167. The Labute approximate surface area is 195 Å². The molecule has 3 aromatic rings. The van der Waals surface area contributed by atoms with Crippen LogP contribution in [-0.2, 0) is 20.6 Å². The number of carbonyl (C=O) groups is 2. The molecule has 0 aliphatic carbocycles. The highest BCUT2D eigenvalue weighted by Crippen LogP contribution is 2.49. The summed E-state index contributed by atoms with van der Waals surface area (Å²) in [5.74, 6) is -2.57. The molecule has 2 saturated heterocycles. The van der Waals surface area contributed by atoms with E-state index in [0.717, 1.165) is 16.6 Å². The predicted molar refractivity (Wildman–Crippen MR) is 118 cm³/mol. The van der Waals surface area contributed by atoms with Crippen LogP contribution in [0, 0.1) is 5.92 Å². The van der Waals surface area contributed by atoms with Crippen LogP contribution >= 0.6 is 15.9 Å². The molecule has 0 unspecified atom stereocenters. The van der Waals surface area contributed by atoms with E-state index in [4.69, 9.17) is 4.84 Å². The normalized spacial score (nSPS) is 22.7. The largest absolute Gasteiger partial charge is 0.418 e. The van der Waals surface area contributed by atoms with E-state index in [1.807, 2.05) is 12.1 Å². The first-order valence-corrected chi connectivity index (χ1v) is 10.9. The number of rotatable bonds is 3. The van der Waals surface area contributed by atoms with E-state index in [2.05, 4.69) is 15.9 Å². The average molecular weight is 517 g/mol. The number of hydrogen-bond donors (Lipinski definition) is 0. The van der Waals surface area contributed by atoms with Gasteiger partial charge in [0, 0.05) is 4.47 Å². The lowest BCUT2D eigenvalue weighted by Gasteiger charge is -2.29. The summed E-state index contributed by atoms with van der Waals surface area (Å²) in [6, 6.07) is 20.0. The number of alkyl halides is 3. The summed E-state index contributed by atoms with van der Waals surface area (Å²) in [7, 11) is 0. The molecule has 3 aromatic carbocycles. The lowest BCUT2D eigenvalue weighted by molar-refractivity contribution is -0.137. The molecule has 0 bridgehead atoms. The molecule has 2 amide bonds. The number of halogens is 4. The summed E-state index contributed by atoms with van der Waals surface area (Å²) >= 11 is 3.42. The van der Waals surface area contributed by atoms with Gasteiger partial charge in [0.1, 0.15) is 5.92 Å². The van der Waals surface area contributed by atoms with Gasteiger partial charge < -0.3 is 0 Å². The topological polar surface area (TPSA) is 49.9 Å². The van der Waals surface area contributed by atoms with Crippen LogP contribution in [0.15, 0.2) is 83.3 Å². The third kappa shape index (κ3) is 3.61. The zero-order valence-electron chi connectivity index (χ0n) is 16.9. The fourth-order valence-corrected chi connectivity index (χ4v) is 4.81. The average Bonchev–Trinajstić information content (AvgIpc) is 3.30. The summed E-state index contributed by atoms with van der Waals surface area (Å²) in [6.07, 6.45) is -5.97. The molecule has 5 rings (SSSR count). The van der Waals surface area contributed by atoms with E-state index in [1.165, 1.54) is 17.2 Å². The molecule has 0 spiro atoms. The van der Waals surface area contributed by atoms with Crippen molar-refractivity contribution in [2.24, 2.45) is 5.92 Å². The highest BCUT2D eigenvalue weighted by molar-refractivity contribution is 9.10. The number of para-hydroxylation sites is 2. The van der Waals surface area contributed by atoms with Crippen molar-refractivity contribution < 1.29 is 27.6 Å². The van der Waals surface area contributed by atoms with Crippen LogP contribution in [0.2, 0.25) is 0 Å². The second-order valence-corrected chi connectivity index (χ2v) is 8.66. The van der Waals surface area contributed by atoms with Crippen molar-refractivity contribution in [1.29, 1.82) is 0 Å². The number of benzene rings is 3. The molecule has 2 aliphatic heterocycles. The number of hydroxylamine groups is 1. The van der Waals surface area contributed by atoms with Gasteiger partial charge in [-0.15, -0.1) is 0 Å². The second kappa shape index (κ2) is 8.00. The number of imide groups is 1. The van der Waals surface area contributed by atoms with Crippen molar-refractivity contribution in [2.75, 3.05) is 9.96 Å². The monoisotopic (exact) mass is 516 g/mol. The van der Waals surface area contributed by atoms with Gasteiger partial charge in [-0.1, -0.05) is 58.4 Å². The third-order valence-corrected chi connectivity index (χ3v) is 6.26. The quantitative estimate of drug-likeness (QED) is 0.430. The highest BCUT2D eigenvalue weighted by atomic mass is 79.9. The van der Waals surface area contributed by atoms with Gasteiger partial charge >= 0.3 is 6.18 Å². The van der Waals surface area contributed by atoms with E-state index < -0.39 is 47.3 Å². The van der Waals surface area contributed by atoms with E-state index >= 15 is 0 Å². The number of fused-ring (bicyclic) bond motifs is 1. The van der Waals surface area contributed by atoms with Gasteiger partial charge in [-0.3, -0.25) is 14.4 Å². The highest BCUT2D eigenvalue weighted by Gasteiger charge is 2.61. The third-order valence-electron chi connectivity index (χ3n) is 5.77. The van der Waals surface area contributed by atoms with Crippen molar-refractivity contribution >= 4 is 39.1 Å². The van der Waals surface area contributed by atoms with Gasteiger partial charge in [-0.25, -0.2) is 9.96 Å². The zero-order valence-corrected chi connectivity index (χ0v) is 18.5. The number of hydrogen-bond acceptors (Lipinski definition) is 4. The Morgan fingerprint density at radius 2 is 1.55 bits per heavy atom. The van der Waals surface area contributed by atoms with Crippen molar-refractivity contribution in [3.05, 3.63) is 94.5 Å². The maximum Gasteiger partial charge on any atom is 0.418 e. The van der Waals surface area contributed by atoms with Crippen molar-refractivity contribution in [3.8, 4) is 0 Å². The summed E-state index contributed by atoms with van der Waals surface area (Å²) in [5.41, 5.74) is -0.226. The fourth-order valence-electron chi connectivity index (χ4n) is 4.39. The molecule has 2 heterocycles. The number of amides is 2. The molecule has 168 valence electrons. The predicted octanol–water partition coefficient (Wildman–Crippen LogP) is 5.52. The maximum absolute atomic E-state index is 13.6. The Hall–Kier alpha value is -3.17. The molecule has 0 radical (unpaired) electrons. The van der Waals surface area contributed by atoms with Gasteiger partial charge in [-0.05, 0) is 42.0 Å². The van der Waals surface area contributed by atoms with Crippen LogP contribution < -0.4 is 9.96 Å². The van der Waals surface area contributed by atoms with Crippen LogP contribution in [-0.4, -0.2) is 17.9 Å². The van der Waals surface area contributed by atoms with Crippen molar-refractivity contribution in [1.82, 2.24) is 0 Å². The van der Waals surface area contributed by atoms with E-state index in [-0.39, 0.29) is 0 Å². The maximum atomic E-state index is 13.6. The lowest BCUT2D eigenvalue weighted by Crippen LogP contribution is -2.38. The second-order valence-electron chi connectivity index (χ2n) is 7.74. The molecule has 3 atom stereocenters.